The Kier molecular flexibility index (Phi) is 6.62. The molecule has 0 saturated heterocycles. The number of hydrogen-bond acceptors (Lipinski definition) is 4. The summed E-state index contributed by atoms with van der Waals surface area (Å²) in [6, 6.07) is 4.75. The fraction of sp³-hybridized carbons (Fsp3) is 0.462. The largest absolute Gasteiger partial charge is 0.506 e. The highest BCUT2D eigenvalue weighted by Crippen LogP contribution is 2.26. The molecule has 1 rings (SSSR count). The number of amides is 1. The van der Waals surface area contributed by atoms with Gasteiger partial charge in [0.05, 0.1) is 17.7 Å². The van der Waals surface area contributed by atoms with Gasteiger partial charge in [-0.05, 0) is 13.0 Å². The first-order valence-electron chi connectivity index (χ1n) is 6.02. The van der Waals surface area contributed by atoms with E-state index in [2.05, 4.69) is 10.6 Å². The van der Waals surface area contributed by atoms with Gasteiger partial charge in [0, 0.05) is 25.8 Å². The Hall–Kier alpha value is -1.30. The Morgan fingerprint density at radius 3 is 2.95 bits per heavy atom. The highest BCUT2D eigenvalue weighted by atomic mass is 35.5. The number of para-hydroxylation sites is 1. The molecule has 0 bridgehead atoms. The van der Waals surface area contributed by atoms with Crippen molar-refractivity contribution in [2.75, 3.05) is 20.3 Å². The molecule has 1 aromatic rings. The molecule has 5 nitrogen and oxygen atoms in total. The van der Waals surface area contributed by atoms with Gasteiger partial charge in [0.15, 0.2) is 0 Å². The number of aromatic hydroxyl groups is 1. The van der Waals surface area contributed by atoms with Gasteiger partial charge in [0.25, 0.3) is 0 Å². The normalized spacial score (nSPS) is 12.2. The number of carbonyl (C=O) groups excluding carboxylic acids is 1. The number of halogens is 1. The van der Waals surface area contributed by atoms with Gasteiger partial charge in [-0.3, -0.25) is 4.79 Å². The maximum absolute atomic E-state index is 11.7. The van der Waals surface area contributed by atoms with E-state index in [1.165, 1.54) is 0 Å². The van der Waals surface area contributed by atoms with Crippen molar-refractivity contribution < 1.29 is 14.6 Å². The molecule has 1 unspecified atom stereocenters. The zero-order chi connectivity index (χ0) is 14.3. The number of nitrogens with one attached hydrogen (secondary N) is 2. The van der Waals surface area contributed by atoms with E-state index >= 15 is 0 Å². The van der Waals surface area contributed by atoms with Crippen molar-refractivity contribution in [3.8, 4) is 5.75 Å². The Morgan fingerprint density at radius 1 is 1.53 bits per heavy atom. The maximum atomic E-state index is 11.7. The van der Waals surface area contributed by atoms with Crippen LogP contribution in [0.1, 0.15) is 12.5 Å². The number of carbonyl (C=O) groups is 1. The molecule has 0 spiro atoms. The molecule has 1 atom stereocenters. The Bertz CT molecular complexity index is 426. The molecule has 0 aliphatic heterocycles. The topological polar surface area (TPSA) is 70.6 Å². The Balaban J connectivity index is 2.43. The number of ether oxygens (including phenoxy) is 1. The standard InChI is InChI=1S/C13H19ClN2O3/c1-9(13(18)15-6-7-19-2)16-8-10-4-3-5-11(14)12(10)17/h3-5,9,16-17H,6-8H2,1-2H3,(H,15,18). The fourth-order valence-electron chi connectivity index (χ4n) is 1.49. The van der Waals surface area contributed by atoms with E-state index in [0.717, 1.165) is 0 Å². The van der Waals surface area contributed by atoms with Crippen molar-refractivity contribution in [1.82, 2.24) is 10.6 Å². The second-order valence-corrected chi connectivity index (χ2v) is 4.54. The van der Waals surface area contributed by atoms with E-state index in [4.69, 9.17) is 16.3 Å². The lowest BCUT2D eigenvalue weighted by Crippen LogP contribution is -2.42. The lowest BCUT2D eigenvalue weighted by Gasteiger charge is -2.14. The van der Waals surface area contributed by atoms with Gasteiger partial charge in [-0.2, -0.15) is 0 Å². The molecule has 0 radical (unpaired) electrons. The maximum Gasteiger partial charge on any atom is 0.236 e. The molecule has 0 fully saturated rings. The molecule has 0 aromatic heterocycles. The van der Waals surface area contributed by atoms with E-state index in [1.807, 2.05) is 0 Å². The molecule has 0 saturated carbocycles. The van der Waals surface area contributed by atoms with E-state index in [1.54, 1.807) is 32.2 Å². The summed E-state index contributed by atoms with van der Waals surface area (Å²) in [6.07, 6.45) is 0. The first-order valence-corrected chi connectivity index (χ1v) is 6.40. The summed E-state index contributed by atoms with van der Waals surface area (Å²) in [4.78, 5) is 11.7. The summed E-state index contributed by atoms with van der Waals surface area (Å²) in [6.45, 7) is 3.08. The van der Waals surface area contributed by atoms with E-state index < -0.39 is 0 Å². The molecule has 106 valence electrons. The molecular formula is C13H19ClN2O3. The SMILES string of the molecule is COCCNC(=O)C(C)NCc1cccc(Cl)c1O. The van der Waals surface area contributed by atoms with Crippen LogP contribution in [0, 0.1) is 0 Å². The first kappa shape index (κ1) is 15.8. The first-order chi connectivity index (χ1) is 9.06. The van der Waals surface area contributed by atoms with Crippen molar-refractivity contribution in [1.29, 1.82) is 0 Å². The van der Waals surface area contributed by atoms with Gasteiger partial charge in [-0.25, -0.2) is 0 Å². The van der Waals surface area contributed by atoms with Crippen LogP contribution < -0.4 is 10.6 Å². The molecule has 3 N–H and O–H groups in total. The van der Waals surface area contributed by atoms with Crippen LogP contribution in [0.5, 0.6) is 5.75 Å². The summed E-state index contributed by atoms with van der Waals surface area (Å²) in [5, 5.41) is 15.8. The fourth-order valence-corrected chi connectivity index (χ4v) is 1.68. The van der Waals surface area contributed by atoms with Crippen molar-refractivity contribution in [2.24, 2.45) is 0 Å². The van der Waals surface area contributed by atoms with Crippen LogP contribution in [-0.4, -0.2) is 37.3 Å². The lowest BCUT2D eigenvalue weighted by molar-refractivity contribution is -0.123. The minimum absolute atomic E-state index is 0.0451. The molecule has 1 aromatic carbocycles. The number of rotatable bonds is 7. The third-order valence-corrected chi connectivity index (χ3v) is 2.97. The van der Waals surface area contributed by atoms with Crippen molar-refractivity contribution in [3.05, 3.63) is 28.8 Å². The lowest BCUT2D eigenvalue weighted by atomic mass is 10.2. The molecular weight excluding hydrogens is 268 g/mol. The van der Waals surface area contributed by atoms with Crippen LogP contribution in [-0.2, 0) is 16.1 Å². The smallest absolute Gasteiger partial charge is 0.236 e. The van der Waals surface area contributed by atoms with Gasteiger partial charge >= 0.3 is 0 Å². The summed E-state index contributed by atoms with van der Waals surface area (Å²) in [5.41, 5.74) is 0.657. The quantitative estimate of drug-likeness (QED) is 0.661. The highest BCUT2D eigenvalue weighted by molar-refractivity contribution is 6.32. The third kappa shape index (κ3) is 5.06. The Labute approximate surface area is 117 Å². The van der Waals surface area contributed by atoms with Crippen molar-refractivity contribution in [3.63, 3.8) is 0 Å². The second-order valence-electron chi connectivity index (χ2n) is 4.13. The zero-order valence-corrected chi connectivity index (χ0v) is 11.8. The second kappa shape index (κ2) is 7.99. The molecule has 6 heteroatoms. The summed E-state index contributed by atoms with van der Waals surface area (Å²) in [5.74, 6) is -0.0674. The van der Waals surface area contributed by atoms with Crippen LogP contribution in [0.15, 0.2) is 18.2 Å². The van der Waals surface area contributed by atoms with Crippen LogP contribution in [0.4, 0.5) is 0 Å². The monoisotopic (exact) mass is 286 g/mol. The molecule has 19 heavy (non-hydrogen) atoms. The van der Waals surface area contributed by atoms with Gasteiger partial charge in [-0.15, -0.1) is 0 Å². The van der Waals surface area contributed by atoms with Gasteiger partial charge < -0.3 is 20.5 Å². The highest BCUT2D eigenvalue weighted by Gasteiger charge is 2.12. The van der Waals surface area contributed by atoms with Crippen LogP contribution in [0.2, 0.25) is 5.02 Å². The average Bonchev–Trinajstić information content (AvgIpc) is 2.40. The van der Waals surface area contributed by atoms with E-state index in [-0.39, 0.29) is 17.7 Å². The average molecular weight is 287 g/mol. The number of hydrogen-bond donors (Lipinski definition) is 3. The van der Waals surface area contributed by atoms with Crippen molar-refractivity contribution >= 4 is 17.5 Å². The summed E-state index contributed by atoms with van der Waals surface area (Å²) < 4.78 is 4.85. The Morgan fingerprint density at radius 2 is 2.26 bits per heavy atom. The predicted octanol–water partition coefficient (Wildman–Crippen LogP) is 1.29. The van der Waals surface area contributed by atoms with Crippen LogP contribution in [0.3, 0.4) is 0 Å². The predicted molar refractivity (Wildman–Crippen MR) is 74.3 cm³/mol. The number of phenolic OH excluding ortho intramolecular Hbond substituents is 1. The van der Waals surface area contributed by atoms with Crippen LogP contribution in [0.25, 0.3) is 0 Å². The van der Waals surface area contributed by atoms with Crippen LogP contribution >= 0.6 is 11.6 Å². The number of methoxy groups -OCH3 is 1. The summed E-state index contributed by atoms with van der Waals surface area (Å²) >= 11 is 5.81. The van der Waals surface area contributed by atoms with Gasteiger partial charge in [0.2, 0.25) is 5.91 Å². The molecule has 0 heterocycles. The van der Waals surface area contributed by atoms with Gasteiger partial charge in [0.1, 0.15) is 5.75 Å². The van der Waals surface area contributed by atoms with E-state index in [9.17, 15) is 9.90 Å². The number of benzene rings is 1. The van der Waals surface area contributed by atoms with E-state index in [0.29, 0.717) is 30.3 Å². The van der Waals surface area contributed by atoms with Gasteiger partial charge in [-0.1, -0.05) is 23.7 Å². The zero-order valence-electron chi connectivity index (χ0n) is 11.1. The van der Waals surface area contributed by atoms with Crippen molar-refractivity contribution in [2.45, 2.75) is 19.5 Å². The molecule has 0 aliphatic rings. The minimum atomic E-state index is -0.366. The third-order valence-electron chi connectivity index (χ3n) is 2.67. The molecule has 0 aliphatic carbocycles. The molecule has 1 amide bonds. The minimum Gasteiger partial charge on any atom is -0.506 e. The number of phenols is 1. The summed E-state index contributed by atoms with van der Waals surface area (Å²) in [7, 11) is 1.58.